The Labute approximate surface area is 139 Å². The maximum atomic E-state index is 5.43. The molecule has 1 saturated heterocycles. The van der Waals surface area contributed by atoms with Gasteiger partial charge in [0.15, 0.2) is 0 Å². The number of rotatable bonds is 5. The number of likely N-dealkylation sites (tertiary alicyclic amines) is 1. The molecule has 0 bridgehead atoms. The van der Waals surface area contributed by atoms with Gasteiger partial charge < -0.3 is 4.52 Å². The van der Waals surface area contributed by atoms with Gasteiger partial charge in [0.05, 0.1) is 13.1 Å². The second-order valence-corrected chi connectivity index (χ2v) is 5.96. The Hall–Kier alpha value is -2.61. The largest absolute Gasteiger partial charge is 0.337 e. The van der Waals surface area contributed by atoms with Gasteiger partial charge in [-0.1, -0.05) is 17.6 Å². The SMILES string of the molecule is c1ccc(-c2noc(CN3CCCCC3Cn3cncn3)n2)nc1. The molecule has 1 unspecified atom stereocenters. The predicted molar refractivity (Wildman–Crippen MR) is 85.6 cm³/mol. The van der Waals surface area contributed by atoms with Crippen LogP contribution in [0.4, 0.5) is 0 Å². The molecule has 0 saturated carbocycles. The molecule has 3 aromatic rings. The highest BCUT2D eigenvalue weighted by atomic mass is 16.5. The zero-order valence-electron chi connectivity index (χ0n) is 13.3. The van der Waals surface area contributed by atoms with Crippen molar-refractivity contribution in [3.8, 4) is 11.5 Å². The second kappa shape index (κ2) is 6.88. The average molecular weight is 325 g/mol. The third kappa shape index (κ3) is 3.33. The third-order valence-corrected chi connectivity index (χ3v) is 4.31. The fourth-order valence-corrected chi connectivity index (χ4v) is 3.11. The van der Waals surface area contributed by atoms with Gasteiger partial charge in [0.1, 0.15) is 18.3 Å². The van der Waals surface area contributed by atoms with Crippen LogP contribution in [0.2, 0.25) is 0 Å². The van der Waals surface area contributed by atoms with E-state index in [1.807, 2.05) is 22.9 Å². The summed E-state index contributed by atoms with van der Waals surface area (Å²) in [5, 5.41) is 8.26. The first-order valence-electron chi connectivity index (χ1n) is 8.19. The Morgan fingerprint density at radius 3 is 3.08 bits per heavy atom. The summed E-state index contributed by atoms with van der Waals surface area (Å²) in [6.45, 7) is 2.51. The molecule has 1 aliphatic heterocycles. The minimum atomic E-state index is 0.408. The number of pyridine rings is 1. The van der Waals surface area contributed by atoms with Crippen LogP contribution in [0, 0.1) is 0 Å². The van der Waals surface area contributed by atoms with Crippen molar-refractivity contribution in [2.45, 2.75) is 38.4 Å². The molecular weight excluding hydrogens is 306 g/mol. The molecule has 8 heteroatoms. The molecule has 24 heavy (non-hydrogen) atoms. The third-order valence-electron chi connectivity index (χ3n) is 4.31. The van der Waals surface area contributed by atoms with Crippen molar-refractivity contribution in [1.29, 1.82) is 0 Å². The lowest BCUT2D eigenvalue weighted by atomic mass is 10.0. The summed E-state index contributed by atoms with van der Waals surface area (Å²) in [5.74, 6) is 1.16. The summed E-state index contributed by atoms with van der Waals surface area (Å²) in [6, 6.07) is 6.07. The van der Waals surface area contributed by atoms with Crippen LogP contribution < -0.4 is 0 Å². The van der Waals surface area contributed by atoms with Crippen LogP contribution in [0.15, 0.2) is 41.6 Å². The van der Waals surface area contributed by atoms with Gasteiger partial charge in [0, 0.05) is 12.2 Å². The zero-order valence-corrected chi connectivity index (χ0v) is 13.3. The maximum Gasteiger partial charge on any atom is 0.241 e. The minimum Gasteiger partial charge on any atom is -0.337 e. The monoisotopic (exact) mass is 325 g/mol. The van der Waals surface area contributed by atoms with Crippen LogP contribution >= 0.6 is 0 Å². The summed E-state index contributed by atoms with van der Waals surface area (Å²) in [6.07, 6.45) is 8.63. The van der Waals surface area contributed by atoms with Crippen LogP contribution in [-0.4, -0.2) is 47.4 Å². The van der Waals surface area contributed by atoms with E-state index in [1.165, 1.54) is 12.8 Å². The normalized spacial score (nSPS) is 18.8. The summed E-state index contributed by atoms with van der Waals surface area (Å²) >= 11 is 0. The molecule has 8 nitrogen and oxygen atoms in total. The molecule has 4 heterocycles. The number of hydrogen-bond donors (Lipinski definition) is 0. The number of piperidine rings is 1. The van der Waals surface area contributed by atoms with Crippen molar-refractivity contribution >= 4 is 0 Å². The van der Waals surface area contributed by atoms with Crippen molar-refractivity contribution in [2.24, 2.45) is 0 Å². The summed E-state index contributed by atoms with van der Waals surface area (Å²) in [7, 11) is 0. The number of nitrogens with zero attached hydrogens (tertiary/aromatic N) is 7. The Bertz CT molecular complexity index is 756. The highest BCUT2D eigenvalue weighted by Crippen LogP contribution is 2.21. The van der Waals surface area contributed by atoms with Gasteiger partial charge in [-0.3, -0.25) is 14.6 Å². The van der Waals surface area contributed by atoms with E-state index in [0.717, 1.165) is 25.2 Å². The molecule has 0 aliphatic carbocycles. The predicted octanol–water partition coefficient (Wildman–Crippen LogP) is 1.78. The second-order valence-electron chi connectivity index (χ2n) is 5.96. The Morgan fingerprint density at radius 2 is 2.25 bits per heavy atom. The molecule has 1 aliphatic rings. The quantitative estimate of drug-likeness (QED) is 0.706. The van der Waals surface area contributed by atoms with Crippen molar-refractivity contribution in [3.63, 3.8) is 0 Å². The van der Waals surface area contributed by atoms with Gasteiger partial charge in [0.2, 0.25) is 11.7 Å². The molecular formula is C16H19N7O. The van der Waals surface area contributed by atoms with E-state index in [0.29, 0.717) is 24.3 Å². The van der Waals surface area contributed by atoms with Gasteiger partial charge in [0.25, 0.3) is 0 Å². The maximum absolute atomic E-state index is 5.43. The Kier molecular flexibility index (Phi) is 4.28. The Morgan fingerprint density at radius 1 is 1.25 bits per heavy atom. The molecule has 0 spiro atoms. The van der Waals surface area contributed by atoms with E-state index in [9.17, 15) is 0 Å². The van der Waals surface area contributed by atoms with Gasteiger partial charge >= 0.3 is 0 Å². The molecule has 1 fully saturated rings. The Balaban J connectivity index is 1.46. The van der Waals surface area contributed by atoms with E-state index >= 15 is 0 Å². The fourth-order valence-electron chi connectivity index (χ4n) is 3.11. The van der Waals surface area contributed by atoms with E-state index in [-0.39, 0.29) is 0 Å². The van der Waals surface area contributed by atoms with Crippen molar-refractivity contribution in [3.05, 3.63) is 42.9 Å². The highest BCUT2D eigenvalue weighted by molar-refractivity contribution is 5.46. The zero-order chi connectivity index (χ0) is 16.2. The van der Waals surface area contributed by atoms with Crippen LogP contribution in [0.5, 0.6) is 0 Å². The van der Waals surface area contributed by atoms with Crippen LogP contribution in [0.25, 0.3) is 11.5 Å². The standard InChI is InChI=1S/C16H19N7O/c1-3-7-18-14(6-1)16-20-15(24-21-16)10-22-8-4-2-5-13(22)9-23-12-17-11-19-23/h1,3,6-7,11-13H,2,4-5,8-10H2. The first-order chi connectivity index (χ1) is 11.9. The van der Waals surface area contributed by atoms with Crippen molar-refractivity contribution in [2.75, 3.05) is 6.54 Å². The average Bonchev–Trinajstić information content (AvgIpc) is 3.29. The van der Waals surface area contributed by atoms with Crippen molar-refractivity contribution < 1.29 is 4.52 Å². The summed E-state index contributed by atoms with van der Waals surface area (Å²) in [5.41, 5.74) is 0.727. The molecule has 0 radical (unpaired) electrons. The number of aromatic nitrogens is 6. The molecule has 3 aromatic heterocycles. The number of hydrogen-bond acceptors (Lipinski definition) is 7. The lowest BCUT2D eigenvalue weighted by molar-refractivity contribution is 0.108. The van der Waals surface area contributed by atoms with Crippen LogP contribution in [-0.2, 0) is 13.1 Å². The van der Waals surface area contributed by atoms with E-state index in [2.05, 4.69) is 30.1 Å². The van der Waals surface area contributed by atoms with Gasteiger partial charge in [-0.05, 0) is 31.5 Å². The molecule has 0 N–H and O–H groups in total. The van der Waals surface area contributed by atoms with E-state index < -0.39 is 0 Å². The van der Waals surface area contributed by atoms with Gasteiger partial charge in [-0.25, -0.2) is 4.98 Å². The van der Waals surface area contributed by atoms with Gasteiger partial charge in [-0.2, -0.15) is 10.1 Å². The van der Waals surface area contributed by atoms with Gasteiger partial charge in [-0.15, -0.1) is 0 Å². The molecule has 4 rings (SSSR count). The highest BCUT2D eigenvalue weighted by Gasteiger charge is 2.25. The smallest absolute Gasteiger partial charge is 0.241 e. The van der Waals surface area contributed by atoms with Crippen molar-refractivity contribution in [1.82, 2.24) is 34.8 Å². The molecule has 1 atom stereocenters. The molecule has 0 amide bonds. The topological polar surface area (TPSA) is 85.8 Å². The van der Waals surface area contributed by atoms with Crippen LogP contribution in [0.3, 0.4) is 0 Å². The summed E-state index contributed by atoms with van der Waals surface area (Å²) in [4.78, 5) is 15.2. The van der Waals surface area contributed by atoms with E-state index in [1.54, 1.807) is 18.9 Å². The minimum absolute atomic E-state index is 0.408. The fraction of sp³-hybridized carbons (Fsp3) is 0.438. The van der Waals surface area contributed by atoms with Crippen LogP contribution in [0.1, 0.15) is 25.2 Å². The first kappa shape index (κ1) is 14.9. The van der Waals surface area contributed by atoms with E-state index in [4.69, 9.17) is 4.52 Å². The molecule has 0 aromatic carbocycles. The lowest BCUT2D eigenvalue weighted by Gasteiger charge is -2.34. The lowest BCUT2D eigenvalue weighted by Crippen LogP contribution is -2.41. The first-order valence-corrected chi connectivity index (χ1v) is 8.19. The summed E-state index contributed by atoms with van der Waals surface area (Å²) < 4.78 is 7.31. The molecule has 124 valence electrons.